The number of epoxide rings is 1. The third kappa shape index (κ3) is 2.00. The molecule has 11 atom stereocenters. The second-order valence-electron chi connectivity index (χ2n) is 11.0. The second-order valence-corrected chi connectivity index (χ2v) is 12.6. The number of carbonyl (C=O) groups excluding carboxylic acids is 1. The van der Waals surface area contributed by atoms with Gasteiger partial charge in [0.1, 0.15) is 23.6 Å². The monoisotopic (exact) mass is 410 g/mol. The fraction of sp³-hybridized carbons (Fsp3) is 0.952. The van der Waals surface area contributed by atoms with Crippen LogP contribution in [0.15, 0.2) is 0 Å². The zero-order valence-electron chi connectivity index (χ0n) is 16.8. The van der Waals surface area contributed by atoms with Crippen molar-refractivity contribution < 1.29 is 27.2 Å². The first-order valence-corrected chi connectivity index (χ1v) is 12.6. The third-order valence-electron chi connectivity index (χ3n) is 9.81. The minimum Gasteiger partial charge on any atom is -0.393 e. The predicted molar refractivity (Wildman–Crippen MR) is 99.7 cm³/mol. The van der Waals surface area contributed by atoms with E-state index >= 15 is 0 Å². The van der Waals surface area contributed by atoms with Crippen molar-refractivity contribution in [3.8, 4) is 0 Å². The highest BCUT2D eigenvalue weighted by Gasteiger charge is 2.82. The molecule has 1 spiro atoms. The maximum atomic E-state index is 13.0. The topological polar surface area (TPSA) is 93.2 Å². The van der Waals surface area contributed by atoms with Gasteiger partial charge in [0.25, 0.3) is 10.1 Å². The number of Topliss-reactive ketones (excluding diaryl/α,β-unsaturated/α-hetero) is 1. The summed E-state index contributed by atoms with van der Waals surface area (Å²) in [5.74, 6) is 1.48. The van der Waals surface area contributed by atoms with Gasteiger partial charge >= 0.3 is 0 Å². The molecule has 5 aliphatic carbocycles. The van der Waals surface area contributed by atoms with Crippen LogP contribution in [-0.2, 0) is 23.8 Å². The van der Waals surface area contributed by atoms with E-state index in [2.05, 4.69) is 13.8 Å². The van der Waals surface area contributed by atoms with Crippen LogP contribution in [0.2, 0.25) is 0 Å². The lowest BCUT2D eigenvalue weighted by Gasteiger charge is -2.60. The summed E-state index contributed by atoms with van der Waals surface area (Å²) >= 11 is 0. The predicted octanol–water partition coefficient (Wildman–Crippen LogP) is 1.90. The summed E-state index contributed by atoms with van der Waals surface area (Å²) < 4.78 is 36.4. The number of hydrogen-bond donors (Lipinski definition) is 1. The van der Waals surface area contributed by atoms with Crippen LogP contribution in [0, 0.1) is 40.4 Å². The molecule has 5 unspecified atom stereocenters. The van der Waals surface area contributed by atoms with Crippen LogP contribution in [0.25, 0.3) is 0 Å². The van der Waals surface area contributed by atoms with Crippen LogP contribution in [0.4, 0.5) is 0 Å². The number of hydrogen-bond acceptors (Lipinski definition) is 6. The number of rotatable bonds is 2. The van der Waals surface area contributed by atoms with Gasteiger partial charge in [-0.05, 0) is 55.8 Å². The van der Waals surface area contributed by atoms with Crippen molar-refractivity contribution >= 4 is 15.9 Å². The summed E-state index contributed by atoms with van der Waals surface area (Å²) in [4.78, 5) is 13.0. The van der Waals surface area contributed by atoms with Gasteiger partial charge in [0.2, 0.25) is 0 Å². The first-order chi connectivity index (χ1) is 13.0. The molecule has 28 heavy (non-hydrogen) atoms. The highest BCUT2D eigenvalue weighted by atomic mass is 32.2. The Hall–Kier alpha value is -0.500. The summed E-state index contributed by atoms with van der Waals surface area (Å²) in [6.07, 6.45) is 4.87. The van der Waals surface area contributed by atoms with Crippen molar-refractivity contribution in [3.63, 3.8) is 0 Å². The van der Waals surface area contributed by atoms with E-state index in [-0.39, 0.29) is 40.6 Å². The van der Waals surface area contributed by atoms with Crippen molar-refractivity contribution in [3.05, 3.63) is 0 Å². The van der Waals surface area contributed by atoms with Crippen molar-refractivity contribution in [1.82, 2.24) is 0 Å². The van der Waals surface area contributed by atoms with Gasteiger partial charge in [0.15, 0.2) is 0 Å². The highest BCUT2D eigenvalue weighted by Crippen LogP contribution is 2.77. The van der Waals surface area contributed by atoms with E-state index in [9.17, 15) is 18.3 Å². The average molecular weight is 411 g/mol. The average Bonchev–Trinajstić information content (AvgIpc) is 3.48. The first-order valence-electron chi connectivity index (χ1n) is 10.8. The van der Waals surface area contributed by atoms with E-state index < -0.39 is 27.9 Å². The molecule has 0 bridgehead atoms. The number of aliphatic hydroxyl groups excluding tert-OH is 1. The lowest BCUT2D eigenvalue weighted by molar-refractivity contribution is -0.154. The molecule has 0 aromatic rings. The summed E-state index contributed by atoms with van der Waals surface area (Å²) in [5.41, 5.74) is -0.899. The largest absolute Gasteiger partial charge is 0.393 e. The molecule has 6 nitrogen and oxygen atoms in total. The van der Waals surface area contributed by atoms with Gasteiger partial charge in [0, 0.05) is 23.2 Å². The van der Waals surface area contributed by atoms with Crippen molar-refractivity contribution in [2.24, 2.45) is 40.4 Å². The first kappa shape index (κ1) is 18.3. The molecule has 6 rings (SSSR count). The molecule has 1 saturated heterocycles. The molecule has 0 aromatic carbocycles. The Morgan fingerprint density at radius 3 is 2.68 bits per heavy atom. The molecule has 1 aliphatic heterocycles. The van der Waals surface area contributed by atoms with E-state index in [0.29, 0.717) is 18.1 Å². The number of ketones is 1. The number of carbonyl (C=O) groups is 1. The van der Waals surface area contributed by atoms with Gasteiger partial charge in [-0.15, -0.1) is 0 Å². The Bertz CT molecular complexity index is 870. The molecular formula is C21H30O6S. The van der Waals surface area contributed by atoms with Crippen LogP contribution in [0.5, 0.6) is 0 Å². The highest BCUT2D eigenvalue weighted by molar-refractivity contribution is 7.86. The molecule has 6 fully saturated rings. The summed E-state index contributed by atoms with van der Waals surface area (Å²) in [7, 11) is -3.65. The Kier molecular flexibility index (Phi) is 3.29. The second kappa shape index (κ2) is 5.04. The summed E-state index contributed by atoms with van der Waals surface area (Å²) in [5, 5.41) is 10.4. The van der Waals surface area contributed by atoms with E-state index in [1.165, 1.54) is 0 Å². The minimum atomic E-state index is -3.65. The van der Waals surface area contributed by atoms with Gasteiger partial charge < -0.3 is 9.84 Å². The van der Waals surface area contributed by atoms with Crippen LogP contribution < -0.4 is 0 Å². The molecule has 156 valence electrons. The quantitative estimate of drug-likeness (QED) is 0.552. The molecule has 7 heteroatoms. The molecule has 5 saturated carbocycles. The van der Waals surface area contributed by atoms with Gasteiger partial charge in [-0.1, -0.05) is 13.8 Å². The lowest BCUT2D eigenvalue weighted by atomic mass is 9.44. The smallest absolute Gasteiger partial charge is 0.264 e. The number of fused-ring (bicyclic) bond motifs is 6. The molecule has 0 radical (unpaired) electrons. The van der Waals surface area contributed by atoms with Gasteiger partial charge in [-0.3, -0.25) is 8.98 Å². The number of aliphatic hydroxyl groups is 1. The molecule has 1 heterocycles. The SMILES string of the molecule is C[C@]12CCC3C(C(OS(C)(=O)=O)[C@H]4O[C@]45C[C@@H](O)CC[C@]35C)C1C1C[C@@H]1C2=O. The zero-order valence-corrected chi connectivity index (χ0v) is 17.6. The van der Waals surface area contributed by atoms with Crippen LogP contribution in [0.1, 0.15) is 52.4 Å². The number of ether oxygens (including phenoxy) is 1. The Morgan fingerprint density at radius 1 is 1.21 bits per heavy atom. The molecule has 0 amide bonds. The Balaban J connectivity index is 1.48. The van der Waals surface area contributed by atoms with Crippen molar-refractivity contribution in [2.75, 3.05) is 6.26 Å². The Labute approximate surface area is 166 Å². The fourth-order valence-electron chi connectivity index (χ4n) is 8.58. The Morgan fingerprint density at radius 2 is 1.96 bits per heavy atom. The lowest BCUT2D eigenvalue weighted by Crippen LogP contribution is -2.64. The van der Waals surface area contributed by atoms with Crippen LogP contribution in [0.3, 0.4) is 0 Å². The third-order valence-corrected chi connectivity index (χ3v) is 10.4. The van der Waals surface area contributed by atoms with Gasteiger partial charge in [-0.2, -0.15) is 8.42 Å². The van der Waals surface area contributed by atoms with E-state index in [1.807, 2.05) is 0 Å². The molecule has 6 aliphatic rings. The maximum absolute atomic E-state index is 13.0. The van der Waals surface area contributed by atoms with E-state index in [4.69, 9.17) is 8.92 Å². The summed E-state index contributed by atoms with van der Waals surface area (Å²) in [6.45, 7) is 4.40. The van der Waals surface area contributed by atoms with E-state index in [1.54, 1.807) is 0 Å². The molecular weight excluding hydrogens is 380 g/mol. The fourth-order valence-corrected chi connectivity index (χ4v) is 9.21. The molecule has 0 aromatic heterocycles. The molecule has 1 N–H and O–H groups in total. The zero-order chi connectivity index (χ0) is 19.9. The van der Waals surface area contributed by atoms with Crippen LogP contribution in [-0.4, -0.2) is 49.5 Å². The normalized spacial score (nSPS) is 61.5. The maximum Gasteiger partial charge on any atom is 0.264 e. The van der Waals surface area contributed by atoms with Crippen molar-refractivity contribution in [2.45, 2.75) is 76.3 Å². The van der Waals surface area contributed by atoms with Crippen molar-refractivity contribution in [1.29, 1.82) is 0 Å². The van der Waals surface area contributed by atoms with Crippen LogP contribution >= 0.6 is 0 Å². The van der Waals surface area contributed by atoms with Gasteiger partial charge in [0.05, 0.1) is 12.4 Å². The summed E-state index contributed by atoms with van der Waals surface area (Å²) in [6, 6.07) is 0. The van der Waals surface area contributed by atoms with E-state index in [0.717, 1.165) is 38.4 Å². The standard InChI is InChI=1S/C21H30O6S/c1-19-6-5-13-14(15(19)11-8-12(11)17(19)23)16(27-28(3,24)25)18-21(26-18)9-10(22)4-7-20(13,21)2/h10-16,18,22H,4-9H2,1-3H3/t10-,11?,12-,13?,14?,15?,16?,18+,19-,20+,21+/m0/s1. The minimum absolute atomic E-state index is 0.0378. The van der Waals surface area contributed by atoms with Gasteiger partial charge in [-0.25, -0.2) is 0 Å².